The summed E-state index contributed by atoms with van der Waals surface area (Å²) in [5.41, 5.74) is 3.39. The Morgan fingerprint density at radius 1 is 1.33 bits per heavy atom. The van der Waals surface area contributed by atoms with Gasteiger partial charge < -0.3 is 9.84 Å². The lowest BCUT2D eigenvalue weighted by atomic mass is 9.97. The number of nitrogens with one attached hydrogen (secondary N) is 1. The van der Waals surface area contributed by atoms with E-state index in [1.165, 1.54) is 18.4 Å². The van der Waals surface area contributed by atoms with Crippen LogP contribution in [0.25, 0.3) is 0 Å². The Kier molecular flexibility index (Phi) is 6.00. The maximum absolute atomic E-state index is 12.1. The fourth-order valence-electron chi connectivity index (χ4n) is 2.92. The van der Waals surface area contributed by atoms with Gasteiger partial charge in [-0.25, -0.2) is 0 Å². The van der Waals surface area contributed by atoms with Gasteiger partial charge in [0, 0.05) is 22.2 Å². The Bertz CT molecular complexity index is 700. The topological polar surface area (TPSA) is 55.1 Å². The second kappa shape index (κ2) is 8.21. The molecule has 1 amide bonds. The molecule has 0 saturated heterocycles. The highest BCUT2D eigenvalue weighted by Gasteiger charge is 2.19. The summed E-state index contributed by atoms with van der Waals surface area (Å²) in [6.45, 7) is 2.00. The molecule has 0 radical (unpaired) electrons. The van der Waals surface area contributed by atoms with Gasteiger partial charge in [0.25, 0.3) is 0 Å². The summed E-state index contributed by atoms with van der Waals surface area (Å²) in [5.74, 6) is 2.26. The second-order valence-corrected chi connectivity index (χ2v) is 7.97. The first-order valence-electron chi connectivity index (χ1n) is 8.22. The van der Waals surface area contributed by atoms with Crippen LogP contribution in [0.15, 0.2) is 33.3 Å². The lowest BCUT2D eigenvalue weighted by molar-refractivity contribution is -0.119. The van der Waals surface area contributed by atoms with E-state index in [1.54, 1.807) is 11.8 Å². The smallest absolute Gasteiger partial charge is 0.230 e. The third kappa shape index (κ3) is 4.42. The molecule has 128 valence electrons. The molecule has 3 rings (SSSR count). The first-order chi connectivity index (χ1) is 11.6. The van der Waals surface area contributed by atoms with Crippen LogP contribution < -0.4 is 5.32 Å². The predicted molar refractivity (Wildman–Crippen MR) is 100 cm³/mol. The highest BCUT2D eigenvalue weighted by molar-refractivity contribution is 9.10. The number of nitrogens with zero attached hydrogens (tertiary/aromatic N) is 1. The number of aryl methyl sites for hydroxylation is 1. The zero-order chi connectivity index (χ0) is 16.9. The van der Waals surface area contributed by atoms with Gasteiger partial charge in [0.1, 0.15) is 5.76 Å². The van der Waals surface area contributed by atoms with E-state index in [-0.39, 0.29) is 11.9 Å². The van der Waals surface area contributed by atoms with E-state index in [2.05, 4.69) is 26.4 Å². The minimum atomic E-state index is 0.00556. The van der Waals surface area contributed by atoms with E-state index < -0.39 is 0 Å². The van der Waals surface area contributed by atoms with Crippen molar-refractivity contribution >= 4 is 33.6 Å². The van der Waals surface area contributed by atoms with Gasteiger partial charge in [0.2, 0.25) is 5.91 Å². The zero-order valence-corrected chi connectivity index (χ0v) is 16.1. The largest absolute Gasteiger partial charge is 0.361 e. The standard InChI is InChI=1S/C18H21BrN2O2S/c1-12(13-6-8-14(19)9-7-13)20-18(22)11-24-10-16-15-4-2-3-5-17(15)23-21-16/h6-9,12H,2-5,10-11H2,1H3,(H,20,22). The van der Waals surface area contributed by atoms with Crippen LogP contribution in [0, 0.1) is 0 Å². The maximum Gasteiger partial charge on any atom is 0.230 e. The van der Waals surface area contributed by atoms with Crippen molar-refractivity contribution in [2.24, 2.45) is 0 Å². The Balaban J connectivity index is 1.46. The number of hydrogen-bond donors (Lipinski definition) is 1. The number of rotatable bonds is 6. The number of carbonyl (C=O) groups is 1. The second-order valence-electron chi connectivity index (χ2n) is 6.07. The van der Waals surface area contributed by atoms with Crippen LogP contribution in [0.4, 0.5) is 0 Å². The maximum atomic E-state index is 12.1. The predicted octanol–water partition coefficient (Wildman–Crippen LogP) is 4.43. The van der Waals surface area contributed by atoms with Crippen LogP contribution in [0.3, 0.4) is 0 Å². The molecule has 1 atom stereocenters. The highest BCUT2D eigenvalue weighted by atomic mass is 79.9. The normalized spacial score (nSPS) is 14.9. The van der Waals surface area contributed by atoms with Crippen LogP contribution in [0.1, 0.15) is 48.4 Å². The number of fused-ring (bicyclic) bond motifs is 1. The number of aromatic nitrogens is 1. The first-order valence-corrected chi connectivity index (χ1v) is 10.2. The molecule has 1 N–H and O–H groups in total. The molecule has 6 heteroatoms. The van der Waals surface area contributed by atoms with E-state index in [0.29, 0.717) is 5.75 Å². The monoisotopic (exact) mass is 408 g/mol. The minimum absolute atomic E-state index is 0.00556. The summed E-state index contributed by atoms with van der Waals surface area (Å²) in [4.78, 5) is 12.1. The molecule has 0 fully saturated rings. The van der Waals surface area contributed by atoms with Gasteiger partial charge >= 0.3 is 0 Å². The van der Waals surface area contributed by atoms with Crippen LogP contribution in [0.5, 0.6) is 0 Å². The molecule has 0 bridgehead atoms. The Morgan fingerprint density at radius 3 is 2.88 bits per heavy atom. The van der Waals surface area contributed by atoms with E-state index in [1.807, 2.05) is 31.2 Å². The van der Waals surface area contributed by atoms with Crippen molar-refractivity contribution in [1.29, 1.82) is 0 Å². The molecule has 24 heavy (non-hydrogen) atoms. The molecule has 1 unspecified atom stereocenters. The molecule has 1 heterocycles. The van der Waals surface area contributed by atoms with Crippen LogP contribution in [-0.4, -0.2) is 16.8 Å². The molecular weight excluding hydrogens is 388 g/mol. The van der Waals surface area contributed by atoms with E-state index in [0.717, 1.165) is 40.1 Å². The first kappa shape index (κ1) is 17.5. The highest BCUT2D eigenvalue weighted by Crippen LogP contribution is 2.26. The van der Waals surface area contributed by atoms with Crippen molar-refractivity contribution < 1.29 is 9.32 Å². The fraction of sp³-hybridized carbons (Fsp3) is 0.444. The summed E-state index contributed by atoms with van der Waals surface area (Å²) < 4.78 is 6.45. The van der Waals surface area contributed by atoms with E-state index >= 15 is 0 Å². The lowest BCUT2D eigenvalue weighted by Crippen LogP contribution is -2.28. The molecule has 0 saturated carbocycles. The third-order valence-electron chi connectivity index (χ3n) is 4.25. The third-order valence-corrected chi connectivity index (χ3v) is 5.72. The van der Waals surface area contributed by atoms with E-state index in [9.17, 15) is 4.79 Å². The Morgan fingerprint density at radius 2 is 2.08 bits per heavy atom. The molecule has 1 aromatic carbocycles. The van der Waals surface area contributed by atoms with Crippen LogP contribution >= 0.6 is 27.7 Å². The number of halogens is 1. The molecule has 1 aliphatic carbocycles. The zero-order valence-electron chi connectivity index (χ0n) is 13.7. The average molecular weight is 409 g/mol. The lowest BCUT2D eigenvalue weighted by Gasteiger charge is -2.14. The minimum Gasteiger partial charge on any atom is -0.361 e. The number of amides is 1. The molecule has 0 aliphatic heterocycles. The van der Waals surface area contributed by atoms with Gasteiger partial charge in [-0.05, 0) is 43.9 Å². The Hall–Kier alpha value is -1.27. The van der Waals surface area contributed by atoms with Crippen LogP contribution in [0.2, 0.25) is 0 Å². The Labute approximate surface area is 154 Å². The molecule has 1 aliphatic rings. The van der Waals surface area contributed by atoms with Gasteiger partial charge in [-0.2, -0.15) is 0 Å². The summed E-state index contributed by atoms with van der Waals surface area (Å²) >= 11 is 5.01. The molecule has 0 spiro atoms. The van der Waals surface area contributed by atoms with Crippen molar-refractivity contribution in [2.75, 3.05) is 5.75 Å². The van der Waals surface area contributed by atoms with Gasteiger partial charge in [-0.15, -0.1) is 11.8 Å². The fourth-order valence-corrected chi connectivity index (χ4v) is 3.98. The summed E-state index contributed by atoms with van der Waals surface area (Å²) in [7, 11) is 0. The molecular formula is C18H21BrN2O2S. The van der Waals surface area contributed by atoms with Crippen molar-refractivity contribution in [3.05, 3.63) is 51.3 Å². The summed E-state index contributed by atoms with van der Waals surface area (Å²) in [6.07, 6.45) is 4.45. The van der Waals surface area contributed by atoms with Crippen molar-refractivity contribution in [3.63, 3.8) is 0 Å². The van der Waals surface area contributed by atoms with Crippen molar-refractivity contribution in [2.45, 2.75) is 44.4 Å². The quantitative estimate of drug-likeness (QED) is 0.767. The van der Waals surface area contributed by atoms with Gasteiger partial charge in [-0.3, -0.25) is 4.79 Å². The van der Waals surface area contributed by atoms with E-state index in [4.69, 9.17) is 4.52 Å². The van der Waals surface area contributed by atoms with Crippen molar-refractivity contribution in [3.8, 4) is 0 Å². The number of benzene rings is 1. The SMILES string of the molecule is CC(NC(=O)CSCc1noc2c1CCCC2)c1ccc(Br)cc1. The number of thioether (sulfide) groups is 1. The number of hydrogen-bond acceptors (Lipinski definition) is 4. The van der Waals surface area contributed by atoms with Crippen molar-refractivity contribution in [1.82, 2.24) is 10.5 Å². The average Bonchev–Trinajstić information content (AvgIpc) is 2.99. The number of carbonyl (C=O) groups excluding carboxylic acids is 1. The van der Waals surface area contributed by atoms with Gasteiger partial charge in [-0.1, -0.05) is 33.2 Å². The molecule has 4 nitrogen and oxygen atoms in total. The molecule has 1 aromatic heterocycles. The summed E-state index contributed by atoms with van der Waals surface area (Å²) in [6, 6.07) is 8.01. The van der Waals surface area contributed by atoms with Gasteiger partial charge in [0.15, 0.2) is 0 Å². The van der Waals surface area contributed by atoms with Crippen LogP contribution in [-0.2, 0) is 23.4 Å². The molecule has 2 aromatic rings. The summed E-state index contributed by atoms with van der Waals surface area (Å²) in [5, 5.41) is 7.22. The van der Waals surface area contributed by atoms with Gasteiger partial charge in [0.05, 0.1) is 17.5 Å².